The van der Waals surface area contributed by atoms with Crippen molar-refractivity contribution >= 4 is 0 Å². The highest BCUT2D eigenvalue weighted by Crippen LogP contribution is 2.29. The highest BCUT2D eigenvalue weighted by Gasteiger charge is 2.31. The average Bonchev–Trinajstić information content (AvgIpc) is 2.92. The van der Waals surface area contributed by atoms with Crippen LogP contribution < -0.4 is 5.32 Å². The third-order valence-corrected chi connectivity index (χ3v) is 4.50. The second kappa shape index (κ2) is 8.90. The Kier molecular flexibility index (Phi) is 7.14. The predicted molar refractivity (Wildman–Crippen MR) is 77.5 cm³/mol. The number of methoxy groups -OCH3 is 1. The minimum absolute atomic E-state index is 0.807. The minimum Gasteiger partial charge on any atom is -0.385 e. The fourth-order valence-corrected chi connectivity index (χ4v) is 3.48. The maximum atomic E-state index is 5.70. The van der Waals surface area contributed by atoms with Gasteiger partial charge in [0.25, 0.3) is 0 Å². The molecule has 0 aromatic carbocycles. The molecule has 2 saturated heterocycles. The van der Waals surface area contributed by atoms with E-state index in [1.807, 2.05) is 0 Å². The molecule has 0 amide bonds. The normalized spacial score (nSPS) is 26.1. The van der Waals surface area contributed by atoms with E-state index in [9.17, 15) is 0 Å². The number of nitrogens with one attached hydrogen (secondary N) is 1. The largest absolute Gasteiger partial charge is 0.385 e. The zero-order valence-corrected chi connectivity index (χ0v) is 12.4. The van der Waals surface area contributed by atoms with E-state index in [4.69, 9.17) is 9.47 Å². The molecule has 1 N–H and O–H groups in total. The summed E-state index contributed by atoms with van der Waals surface area (Å²) in [5.74, 6) is 0.914. The first-order valence-corrected chi connectivity index (χ1v) is 7.93. The molecule has 2 heterocycles. The molecule has 0 saturated carbocycles. The Morgan fingerprint density at radius 2 is 1.95 bits per heavy atom. The van der Waals surface area contributed by atoms with E-state index in [-0.39, 0.29) is 0 Å². The first-order chi connectivity index (χ1) is 9.42. The van der Waals surface area contributed by atoms with Gasteiger partial charge in [-0.1, -0.05) is 0 Å². The van der Waals surface area contributed by atoms with Crippen LogP contribution in [0.5, 0.6) is 0 Å². The van der Waals surface area contributed by atoms with Crippen molar-refractivity contribution in [3.8, 4) is 0 Å². The number of rotatable bonds is 8. The molecule has 0 spiro atoms. The summed E-state index contributed by atoms with van der Waals surface area (Å²) in [6.45, 7) is 7.33. The third-order valence-electron chi connectivity index (χ3n) is 4.50. The van der Waals surface area contributed by atoms with Crippen molar-refractivity contribution in [3.05, 3.63) is 0 Å². The average molecular weight is 270 g/mol. The van der Waals surface area contributed by atoms with E-state index in [0.717, 1.165) is 44.7 Å². The van der Waals surface area contributed by atoms with E-state index in [1.165, 1.54) is 45.3 Å². The summed E-state index contributed by atoms with van der Waals surface area (Å²) in [5.41, 5.74) is 0. The lowest BCUT2D eigenvalue weighted by atomic mass is 9.89. The van der Waals surface area contributed by atoms with Crippen molar-refractivity contribution in [1.29, 1.82) is 0 Å². The number of hydrogen-bond acceptors (Lipinski definition) is 4. The Morgan fingerprint density at radius 3 is 2.74 bits per heavy atom. The van der Waals surface area contributed by atoms with Crippen molar-refractivity contribution < 1.29 is 9.47 Å². The second-order valence-electron chi connectivity index (χ2n) is 5.79. The van der Waals surface area contributed by atoms with Crippen LogP contribution in [-0.2, 0) is 9.47 Å². The molecule has 112 valence electrons. The highest BCUT2D eigenvalue weighted by molar-refractivity contribution is 4.87. The van der Waals surface area contributed by atoms with Crippen LogP contribution in [0.15, 0.2) is 0 Å². The van der Waals surface area contributed by atoms with Crippen molar-refractivity contribution in [3.63, 3.8) is 0 Å². The molecule has 19 heavy (non-hydrogen) atoms. The molecule has 0 bridgehead atoms. The predicted octanol–water partition coefficient (Wildman–Crippen LogP) is 1.50. The smallest absolute Gasteiger partial charge is 0.0593 e. The molecule has 1 atom stereocenters. The zero-order valence-electron chi connectivity index (χ0n) is 12.4. The molecule has 2 aliphatic heterocycles. The monoisotopic (exact) mass is 270 g/mol. The quantitative estimate of drug-likeness (QED) is 0.678. The molecule has 4 heteroatoms. The molecule has 2 rings (SSSR count). The molecule has 2 aliphatic rings. The van der Waals surface area contributed by atoms with Crippen LogP contribution >= 0.6 is 0 Å². The van der Waals surface area contributed by atoms with Crippen molar-refractivity contribution in [2.24, 2.45) is 5.92 Å². The zero-order chi connectivity index (χ0) is 13.3. The standard InChI is InChI=1S/C15H30N2O2/c1-18-11-3-12-19-13-10-17-9-2-4-15(17)14-5-7-16-8-6-14/h14-16H,2-13H2,1H3. The van der Waals surface area contributed by atoms with Gasteiger partial charge in [0.15, 0.2) is 0 Å². The third kappa shape index (κ3) is 5.03. The van der Waals surface area contributed by atoms with Gasteiger partial charge >= 0.3 is 0 Å². The summed E-state index contributed by atoms with van der Waals surface area (Å²) in [4.78, 5) is 2.67. The number of nitrogens with zero attached hydrogens (tertiary/aromatic N) is 1. The van der Waals surface area contributed by atoms with Gasteiger partial charge in [-0.15, -0.1) is 0 Å². The van der Waals surface area contributed by atoms with Gasteiger partial charge in [0, 0.05) is 32.9 Å². The van der Waals surface area contributed by atoms with Crippen LogP contribution in [0, 0.1) is 5.92 Å². The van der Waals surface area contributed by atoms with Crippen LogP contribution in [0.4, 0.5) is 0 Å². The molecule has 4 nitrogen and oxygen atoms in total. The maximum Gasteiger partial charge on any atom is 0.0593 e. The number of likely N-dealkylation sites (tertiary alicyclic amines) is 1. The first-order valence-electron chi connectivity index (χ1n) is 7.93. The van der Waals surface area contributed by atoms with E-state index in [0.29, 0.717) is 0 Å². The molecule has 0 aliphatic carbocycles. The van der Waals surface area contributed by atoms with Crippen LogP contribution in [0.3, 0.4) is 0 Å². The van der Waals surface area contributed by atoms with Crippen LogP contribution in [0.2, 0.25) is 0 Å². The van der Waals surface area contributed by atoms with Crippen LogP contribution in [-0.4, -0.2) is 64.1 Å². The Balaban J connectivity index is 1.61. The van der Waals surface area contributed by atoms with Gasteiger partial charge in [0.05, 0.1) is 6.61 Å². The topological polar surface area (TPSA) is 33.7 Å². The number of piperidine rings is 1. The molecule has 0 aromatic rings. The maximum absolute atomic E-state index is 5.70. The number of ether oxygens (including phenoxy) is 2. The lowest BCUT2D eigenvalue weighted by molar-refractivity contribution is 0.0700. The van der Waals surface area contributed by atoms with E-state index >= 15 is 0 Å². The molecular formula is C15H30N2O2. The van der Waals surface area contributed by atoms with Crippen molar-refractivity contribution in [2.45, 2.75) is 38.1 Å². The van der Waals surface area contributed by atoms with Crippen LogP contribution in [0.1, 0.15) is 32.1 Å². The van der Waals surface area contributed by atoms with Gasteiger partial charge in [-0.2, -0.15) is 0 Å². The first kappa shape index (κ1) is 15.2. The molecule has 0 radical (unpaired) electrons. The Morgan fingerprint density at radius 1 is 1.11 bits per heavy atom. The van der Waals surface area contributed by atoms with Crippen LogP contribution in [0.25, 0.3) is 0 Å². The summed E-state index contributed by atoms with van der Waals surface area (Å²) in [7, 11) is 1.74. The lowest BCUT2D eigenvalue weighted by Gasteiger charge is -2.34. The van der Waals surface area contributed by atoms with Gasteiger partial charge in [-0.05, 0) is 57.7 Å². The molecule has 0 aromatic heterocycles. The van der Waals surface area contributed by atoms with E-state index in [2.05, 4.69) is 10.2 Å². The molecule has 2 fully saturated rings. The Hall–Kier alpha value is -0.160. The van der Waals surface area contributed by atoms with Crippen molar-refractivity contribution in [2.75, 3.05) is 53.1 Å². The van der Waals surface area contributed by atoms with Gasteiger partial charge in [0.1, 0.15) is 0 Å². The van der Waals surface area contributed by atoms with E-state index < -0.39 is 0 Å². The Bertz CT molecular complexity index is 232. The summed E-state index contributed by atoms with van der Waals surface area (Å²) < 4.78 is 10.7. The fraction of sp³-hybridized carbons (Fsp3) is 1.00. The highest BCUT2D eigenvalue weighted by atomic mass is 16.5. The summed E-state index contributed by atoms with van der Waals surface area (Å²) in [6, 6.07) is 0.824. The Labute approximate surface area is 117 Å². The van der Waals surface area contributed by atoms with Gasteiger partial charge in [-0.3, -0.25) is 4.90 Å². The van der Waals surface area contributed by atoms with Gasteiger partial charge < -0.3 is 14.8 Å². The van der Waals surface area contributed by atoms with Gasteiger partial charge in [-0.25, -0.2) is 0 Å². The fourth-order valence-electron chi connectivity index (χ4n) is 3.48. The second-order valence-corrected chi connectivity index (χ2v) is 5.79. The lowest BCUT2D eigenvalue weighted by Crippen LogP contribution is -2.42. The van der Waals surface area contributed by atoms with Gasteiger partial charge in [0.2, 0.25) is 0 Å². The SMILES string of the molecule is COCCCOCCN1CCCC1C1CCNCC1. The summed E-state index contributed by atoms with van der Waals surface area (Å²) in [5, 5.41) is 3.47. The van der Waals surface area contributed by atoms with Crippen molar-refractivity contribution in [1.82, 2.24) is 10.2 Å². The molecule has 1 unspecified atom stereocenters. The number of hydrogen-bond donors (Lipinski definition) is 1. The summed E-state index contributed by atoms with van der Waals surface area (Å²) >= 11 is 0. The summed E-state index contributed by atoms with van der Waals surface area (Å²) in [6.07, 6.45) is 6.49. The van der Waals surface area contributed by atoms with E-state index in [1.54, 1.807) is 7.11 Å². The minimum atomic E-state index is 0.807. The molecular weight excluding hydrogens is 240 g/mol.